The molecule has 1 aliphatic rings. The molecule has 0 radical (unpaired) electrons. The van der Waals surface area contributed by atoms with E-state index in [0.717, 1.165) is 5.75 Å². The molecule has 0 heterocycles. The van der Waals surface area contributed by atoms with E-state index in [2.05, 4.69) is 10.3 Å². The standard InChI is InChI=1S/C15H20ClFN2O2S/c16-13-7-11(8-20)6-12(14(13)17)15(21)18-19-22-9-10-4-2-1-3-5-10/h6-7,10,19-20H,1-5,8-9H2,(H,18,21). The molecule has 0 atom stereocenters. The molecule has 1 fully saturated rings. The number of hydrazine groups is 1. The average Bonchev–Trinajstić information content (AvgIpc) is 2.54. The highest BCUT2D eigenvalue weighted by molar-refractivity contribution is 7.97. The fraction of sp³-hybridized carbons (Fsp3) is 0.533. The van der Waals surface area contributed by atoms with Crippen molar-refractivity contribution in [3.63, 3.8) is 0 Å². The molecular weight excluding hydrogens is 327 g/mol. The van der Waals surface area contributed by atoms with Crippen molar-refractivity contribution in [2.45, 2.75) is 38.7 Å². The van der Waals surface area contributed by atoms with Crippen LogP contribution in [0.25, 0.3) is 0 Å². The molecule has 0 aromatic heterocycles. The Labute approximate surface area is 138 Å². The summed E-state index contributed by atoms with van der Waals surface area (Å²) in [6.07, 6.45) is 6.31. The molecule has 3 N–H and O–H groups in total. The Morgan fingerprint density at radius 1 is 1.36 bits per heavy atom. The molecule has 0 aliphatic heterocycles. The van der Waals surface area contributed by atoms with Crippen molar-refractivity contribution in [1.82, 2.24) is 10.3 Å². The van der Waals surface area contributed by atoms with Gasteiger partial charge in [-0.3, -0.25) is 10.2 Å². The van der Waals surface area contributed by atoms with Gasteiger partial charge in [-0.05, 0) is 36.5 Å². The van der Waals surface area contributed by atoms with Crippen LogP contribution in [0.15, 0.2) is 12.1 Å². The number of hydrogen-bond donors (Lipinski definition) is 3. The summed E-state index contributed by atoms with van der Waals surface area (Å²) in [5, 5.41) is 8.91. The van der Waals surface area contributed by atoms with Gasteiger partial charge in [-0.1, -0.05) is 42.8 Å². The third kappa shape index (κ3) is 4.84. The van der Waals surface area contributed by atoms with Crippen molar-refractivity contribution in [3.05, 3.63) is 34.1 Å². The van der Waals surface area contributed by atoms with Crippen molar-refractivity contribution < 1.29 is 14.3 Å². The summed E-state index contributed by atoms with van der Waals surface area (Å²) in [6, 6.07) is 2.60. The fourth-order valence-corrected chi connectivity index (χ4v) is 3.62. The molecule has 0 bridgehead atoms. The summed E-state index contributed by atoms with van der Waals surface area (Å²) >= 11 is 7.13. The maximum absolute atomic E-state index is 13.9. The quantitative estimate of drug-likeness (QED) is 0.419. The van der Waals surface area contributed by atoms with Crippen molar-refractivity contribution in [2.75, 3.05) is 5.75 Å². The van der Waals surface area contributed by atoms with E-state index in [1.54, 1.807) is 0 Å². The predicted molar refractivity (Wildman–Crippen MR) is 87.0 cm³/mol. The number of nitrogens with one attached hydrogen (secondary N) is 2. The molecule has 1 aromatic carbocycles. The molecule has 7 heteroatoms. The lowest BCUT2D eigenvalue weighted by molar-refractivity contribution is 0.0942. The first-order valence-electron chi connectivity index (χ1n) is 7.37. The number of amides is 1. The molecule has 1 amide bonds. The SMILES string of the molecule is O=C(NNSCC1CCCCC1)c1cc(CO)cc(Cl)c1F. The minimum absolute atomic E-state index is 0.174. The Balaban J connectivity index is 1.83. The van der Waals surface area contributed by atoms with Crippen LogP contribution >= 0.6 is 23.5 Å². The second kappa shape index (κ2) is 8.72. The number of aliphatic hydroxyl groups is 1. The van der Waals surface area contributed by atoms with E-state index < -0.39 is 11.7 Å². The van der Waals surface area contributed by atoms with Crippen LogP contribution in [0.5, 0.6) is 0 Å². The molecule has 22 heavy (non-hydrogen) atoms. The Kier molecular flexibility index (Phi) is 6.95. The zero-order valence-electron chi connectivity index (χ0n) is 12.2. The predicted octanol–water partition coefficient (Wildman–Crippen LogP) is 3.43. The van der Waals surface area contributed by atoms with E-state index in [4.69, 9.17) is 16.7 Å². The third-order valence-electron chi connectivity index (χ3n) is 3.80. The van der Waals surface area contributed by atoms with Crippen LogP contribution in [0.2, 0.25) is 5.02 Å². The molecule has 1 aromatic rings. The van der Waals surface area contributed by atoms with E-state index in [1.165, 1.54) is 56.2 Å². The van der Waals surface area contributed by atoms with Gasteiger partial charge in [-0.25, -0.2) is 4.39 Å². The Hall–Kier alpha value is -0.820. The van der Waals surface area contributed by atoms with Gasteiger partial charge < -0.3 is 5.11 Å². The van der Waals surface area contributed by atoms with Gasteiger partial charge in [0.2, 0.25) is 0 Å². The Morgan fingerprint density at radius 2 is 2.09 bits per heavy atom. The van der Waals surface area contributed by atoms with Gasteiger partial charge in [0, 0.05) is 5.75 Å². The summed E-state index contributed by atoms with van der Waals surface area (Å²) in [7, 11) is 0. The summed E-state index contributed by atoms with van der Waals surface area (Å²) < 4.78 is 13.9. The van der Waals surface area contributed by atoms with Gasteiger partial charge >= 0.3 is 0 Å². The van der Waals surface area contributed by atoms with Crippen LogP contribution < -0.4 is 10.3 Å². The number of aliphatic hydroxyl groups excluding tert-OH is 1. The van der Waals surface area contributed by atoms with Gasteiger partial charge in [0.1, 0.15) is 0 Å². The monoisotopic (exact) mass is 346 g/mol. The highest BCUT2D eigenvalue weighted by Gasteiger charge is 2.17. The lowest BCUT2D eigenvalue weighted by atomic mass is 9.91. The fourth-order valence-electron chi connectivity index (χ4n) is 2.56. The van der Waals surface area contributed by atoms with Gasteiger partial charge in [-0.15, -0.1) is 0 Å². The van der Waals surface area contributed by atoms with E-state index >= 15 is 0 Å². The van der Waals surface area contributed by atoms with Crippen molar-refractivity contribution in [2.24, 2.45) is 5.92 Å². The molecule has 1 saturated carbocycles. The smallest absolute Gasteiger partial charge is 0.269 e. The summed E-state index contributed by atoms with van der Waals surface area (Å²) in [4.78, 5) is 14.7. The first-order valence-corrected chi connectivity index (χ1v) is 8.74. The maximum Gasteiger partial charge on any atom is 0.269 e. The number of rotatable bonds is 6. The Bertz CT molecular complexity index is 525. The number of hydrogen-bond acceptors (Lipinski definition) is 4. The van der Waals surface area contributed by atoms with Crippen LogP contribution in [0.4, 0.5) is 4.39 Å². The van der Waals surface area contributed by atoms with Crippen molar-refractivity contribution in [3.8, 4) is 0 Å². The van der Waals surface area contributed by atoms with Gasteiger partial charge in [-0.2, -0.15) is 4.83 Å². The summed E-state index contributed by atoms with van der Waals surface area (Å²) in [5.41, 5.74) is 2.67. The molecular formula is C15H20ClFN2O2S. The van der Waals surface area contributed by atoms with Crippen LogP contribution in [0.3, 0.4) is 0 Å². The van der Waals surface area contributed by atoms with Crippen LogP contribution in [-0.4, -0.2) is 16.8 Å². The molecule has 122 valence electrons. The molecule has 0 saturated heterocycles. The maximum atomic E-state index is 13.9. The second-order valence-electron chi connectivity index (χ2n) is 5.47. The van der Waals surface area contributed by atoms with Gasteiger partial charge in [0.05, 0.1) is 17.2 Å². The second-order valence-corrected chi connectivity index (χ2v) is 6.70. The molecule has 4 nitrogen and oxygen atoms in total. The largest absolute Gasteiger partial charge is 0.392 e. The topological polar surface area (TPSA) is 61.4 Å². The summed E-state index contributed by atoms with van der Waals surface area (Å²) in [6.45, 7) is -0.301. The molecule has 0 unspecified atom stereocenters. The van der Waals surface area contributed by atoms with E-state index in [0.29, 0.717) is 11.5 Å². The first-order chi connectivity index (χ1) is 10.6. The highest BCUT2D eigenvalue weighted by atomic mass is 35.5. The lowest BCUT2D eigenvalue weighted by Gasteiger charge is -2.20. The van der Waals surface area contributed by atoms with Crippen molar-refractivity contribution >= 4 is 29.5 Å². The minimum Gasteiger partial charge on any atom is -0.392 e. The van der Waals surface area contributed by atoms with Gasteiger partial charge in [0.25, 0.3) is 5.91 Å². The average molecular weight is 347 g/mol. The number of halogens is 2. The third-order valence-corrected chi connectivity index (χ3v) is 4.96. The number of carbonyl (C=O) groups is 1. The normalized spacial score (nSPS) is 15.8. The van der Waals surface area contributed by atoms with E-state index in [-0.39, 0.29) is 17.2 Å². The first kappa shape index (κ1) is 17.5. The number of benzene rings is 1. The van der Waals surface area contributed by atoms with Crippen LogP contribution in [0, 0.1) is 11.7 Å². The Morgan fingerprint density at radius 3 is 2.77 bits per heavy atom. The van der Waals surface area contributed by atoms with Gasteiger partial charge in [0.15, 0.2) is 5.82 Å². The molecule has 0 spiro atoms. The summed E-state index contributed by atoms with van der Waals surface area (Å²) in [5.74, 6) is 0.202. The zero-order chi connectivity index (χ0) is 15.9. The van der Waals surface area contributed by atoms with Crippen LogP contribution in [-0.2, 0) is 6.61 Å². The molecule has 2 rings (SSSR count). The number of carbonyl (C=O) groups excluding carboxylic acids is 1. The minimum atomic E-state index is -0.782. The lowest BCUT2D eigenvalue weighted by Crippen LogP contribution is -2.34. The van der Waals surface area contributed by atoms with E-state index in [1.807, 2.05) is 0 Å². The van der Waals surface area contributed by atoms with E-state index in [9.17, 15) is 9.18 Å². The molecule has 1 aliphatic carbocycles. The highest BCUT2D eigenvalue weighted by Crippen LogP contribution is 2.25. The zero-order valence-corrected chi connectivity index (χ0v) is 13.8. The van der Waals surface area contributed by atoms with Crippen LogP contribution in [0.1, 0.15) is 48.0 Å². The van der Waals surface area contributed by atoms with Crippen molar-refractivity contribution in [1.29, 1.82) is 0 Å².